The first-order valence-electron chi connectivity index (χ1n) is 10.7. The van der Waals surface area contributed by atoms with Crippen LogP contribution >= 0.6 is 0 Å². The third kappa shape index (κ3) is 5.64. The Hall–Kier alpha value is -3.52. The van der Waals surface area contributed by atoms with Crippen LogP contribution in [-0.2, 0) is 14.8 Å². The van der Waals surface area contributed by atoms with E-state index in [2.05, 4.69) is 5.32 Å². The third-order valence-corrected chi connectivity index (χ3v) is 6.57. The predicted octanol–water partition coefficient (Wildman–Crippen LogP) is 3.87. The number of nitrogens with one attached hydrogen (secondary N) is 1. The molecular weight excluding hydrogens is 440 g/mol. The maximum atomic E-state index is 12.8. The van der Waals surface area contributed by atoms with Gasteiger partial charge < -0.3 is 14.8 Å². The zero-order chi connectivity index (χ0) is 23.3. The van der Waals surface area contributed by atoms with E-state index in [1.54, 1.807) is 18.2 Å². The summed E-state index contributed by atoms with van der Waals surface area (Å²) < 4.78 is 36.8. The van der Waals surface area contributed by atoms with Crippen molar-refractivity contribution < 1.29 is 22.7 Å². The van der Waals surface area contributed by atoms with Gasteiger partial charge in [-0.25, -0.2) is 8.42 Å². The molecular formula is C25H26N2O5S. The first-order chi connectivity index (χ1) is 15.9. The lowest BCUT2D eigenvalue weighted by Crippen LogP contribution is -2.33. The van der Waals surface area contributed by atoms with Gasteiger partial charge >= 0.3 is 0 Å². The van der Waals surface area contributed by atoms with Crippen LogP contribution in [-0.4, -0.2) is 33.9 Å². The summed E-state index contributed by atoms with van der Waals surface area (Å²) >= 11 is 0. The molecule has 33 heavy (non-hydrogen) atoms. The number of carbonyl (C=O) groups is 1. The molecule has 1 aliphatic rings. The number of rotatable bonds is 9. The average Bonchev–Trinajstić information content (AvgIpc) is 3.28. The number of amides is 1. The largest absolute Gasteiger partial charge is 0.454 e. The van der Waals surface area contributed by atoms with Crippen molar-refractivity contribution in [1.82, 2.24) is 5.32 Å². The van der Waals surface area contributed by atoms with Crippen molar-refractivity contribution in [2.75, 3.05) is 23.9 Å². The highest BCUT2D eigenvalue weighted by molar-refractivity contribution is 7.92. The molecule has 3 aromatic carbocycles. The molecule has 0 unspecified atom stereocenters. The summed E-state index contributed by atoms with van der Waals surface area (Å²) in [5, 5.41) is 3.09. The van der Waals surface area contributed by atoms with E-state index >= 15 is 0 Å². The fraction of sp³-hybridized carbons (Fsp3) is 0.240. The molecule has 1 amide bonds. The van der Waals surface area contributed by atoms with Crippen molar-refractivity contribution >= 4 is 21.6 Å². The molecule has 1 N–H and O–H groups in total. The summed E-state index contributed by atoms with van der Waals surface area (Å²) in [6.07, 6.45) is 1.70. The van der Waals surface area contributed by atoms with Crippen LogP contribution in [0.15, 0.2) is 78.9 Å². The molecule has 0 spiro atoms. The Bertz CT molecular complexity index is 1160. The zero-order valence-corrected chi connectivity index (χ0v) is 19.1. The van der Waals surface area contributed by atoms with Gasteiger partial charge in [0, 0.05) is 19.0 Å². The second-order valence-corrected chi connectivity index (χ2v) is 9.70. The summed E-state index contributed by atoms with van der Waals surface area (Å²) in [7, 11) is -3.54. The van der Waals surface area contributed by atoms with Gasteiger partial charge in [0.15, 0.2) is 11.5 Å². The molecule has 0 aromatic heterocycles. The lowest BCUT2D eigenvalue weighted by molar-refractivity contribution is -0.121. The lowest BCUT2D eigenvalue weighted by atomic mass is 9.98. The fourth-order valence-corrected chi connectivity index (χ4v) is 4.75. The number of anilines is 1. The number of benzene rings is 3. The lowest BCUT2D eigenvalue weighted by Gasteiger charge is -2.23. The standard InChI is InChI=1S/C25H26N2O5S/c1-33(29,30)27(21-14-15-22-23(17-21)32-18-31-22)16-8-13-24(28)26-25(19-9-4-2-5-10-19)20-11-6-3-7-12-20/h2-7,9-12,14-15,17,25H,8,13,16,18H2,1H3,(H,26,28). The maximum absolute atomic E-state index is 12.8. The van der Waals surface area contributed by atoms with Crippen LogP contribution in [0.4, 0.5) is 5.69 Å². The molecule has 1 aliphatic heterocycles. The van der Waals surface area contributed by atoms with E-state index in [9.17, 15) is 13.2 Å². The van der Waals surface area contributed by atoms with Crippen molar-refractivity contribution in [2.24, 2.45) is 0 Å². The van der Waals surface area contributed by atoms with E-state index in [4.69, 9.17) is 9.47 Å². The summed E-state index contributed by atoms with van der Waals surface area (Å²) in [6.45, 7) is 0.287. The van der Waals surface area contributed by atoms with Gasteiger partial charge in [0.05, 0.1) is 18.0 Å². The SMILES string of the molecule is CS(=O)(=O)N(CCCC(=O)NC(c1ccccc1)c1ccccc1)c1ccc2c(c1)OCO2. The molecule has 7 nitrogen and oxygen atoms in total. The van der Waals surface area contributed by atoms with E-state index in [1.165, 1.54) is 4.31 Å². The Morgan fingerprint density at radius 3 is 2.15 bits per heavy atom. The van der Waals surface area contributed by atoms with Gasteiger partial charge in [-0.3, -0.25) is 9.10 Å². The van der Waals surface area contributed by atoms with Crippen molar-refractivity contribution in [1.29, 1.82) is 0 Å². The second-order valence-electron chi connectivity index (χ2n) is 7.80. The molecule has 4 rings (SSSR count). The zero-order valence-electron chi connectivity index (χ0n) is 18.3. The molecule has 0 fully saturated rings. The van der Waals surface area contributed by atoms with E-state index in [0.717, 1.165) is 17.4 Å². The van der Waals surface area contributed by atoms with E-state index in [1.807, 2.05) is 60.7 Å². The Morgan fingerprint density at radius 1 is 0.939 bits per heavy atom. The number of nitrogens with zero attached hydrogens (tertiary/aromatic N) is 1. The molecule has 0 aliphatic carbocycles. The fourth-order valence-electron chi connectivity index (χ4n) is 3.79. The van der Waals surface area contributed by atoms with Crippen molar-refractivity contribution in [3.05, 3.63) is 90.0 Å². The number of hydrogen-bond acceptors (Lipinski definition) is 5. The number of sulfonamides is 1. The van der Waals surface area contributed by atoms with Crippen LogP contribution in [0.2, 0.25) is 0 Å². The van der Waals surface area contributed by atoms with Gasteiger partial charge in [-0.05, 0) is 29.7 Å². The minimum atomic E-state index is -3.54. The Kier molecular flexibility index (Phi) is 6.84. The first-order valence-corrected chi connectivity index (χ1v) is 12.5. The average molecular weight is 467 g/mol. The van der Waals surface area contributed by atoms with Crippen molar-refractivity contribution in [3.63, 3.8) is 0 Å². The molecule has 3 aromatic rings. The molecule has 0 saturated heterocycles. The van der Waals surface area contributed by atoms with Crippen LogP contribution in [0, 0.1) is 0 Å². The number of fused-ring (bicyclic) bond motifs is 1. The van der Waals surface area contributed by atoms with E-state index in [-0.39, 0.29) is 31.7 Å². The van der Waals surface area contributed by atoms with E-state index in [0.29, 0.717) is 23.6 Å². The molecule has 8 heteroatoms. The smallest absolute Gasteiger partial charge is 0.232 e. The van der Waals surface area contributed by atoms with Gasteiger partial charge in [0.2, 0.25) is 22.7 Å². The van der Waals surface area contributed by atoms with Crippen LogP contribution in [0.1, 0.15) is 30.0 Å². The molecule has 0 radical (unpaired) electrons. The number of carbonyl (C=O) groups excluding carboxylic acids is 1. The Labute approximate surface area is 194 Å². The van der Waals surface area contributed by atoms with Crippen molar-refractivity contribution in [2.45, 2.75) is 18.9 Å². The van der Waals surface area contributed by atoms with Crippen LogP contribution < -0.4 is 19.1 Å². The summed E-state index contributed by atoms with van der Waals surface area (Å²) in [5.41, 5.74) is 2.44. The monoisotopic (exact) mass is 466 g/mol. The van der Waals surface area contributed by atoms with Gasteiger partial charge in [-0.2, -0.15) is 0 Å². The molecule has 172 valence electrons. The number of hydrogen-bond donors (Lipinski definition) is 1. The van der Waals surface area contributed by atoms with Gasteiger partial charge in [-0.1, -0.05) is 60.7 Å². The molecule has 0 saturated carbocycles. The summed E-state index contributed by atoms with van der Waals surface area (Å²) in [5.74, 6) is 0.943. The molecule has 0 atom stereocenters. The van der Waals surface area contributed by atoms with E-state index < -0.39 is 10.0 Å². The summed E-state index contributed by atoms with van der Waals surface area (Å²) in [4.78, 5) is 12.8. The highest BCUT2D eigenvalue weighted by atomic mass is 32.2. The minimum Gasteiger partial charge on any atom is -0.454 e. The first kappa shape index (κ1) is 22.7. The minimum absolute atomic E-state index is 0.113. The van der Waals surface area contributed by atoms with Crippen LogP contribution in [0.5, 0.6) is 11.5 Å². The highest BCUT2D eigenvalue weighted by Crippen LogP contribution is 2.36. The second kappa shape index (κ2) is 9.95. The number of ether oxygens (including phenoxy) is 2. The van der Waals surface area contributed by atoms with Crippen LogP contribution in [0.25, 0.3) is 0 Å². The van der Waals surface area contributed by atoms with Gasteiger partial charge in [0.1, 0.15) is 0 Å². The highest BCUT2D eigenvalue weighted by Gasteiger charge is 2.22. The summed E-state index contributed by atoms with van der Waals surface area (Å²) in [6, 6.07) is 24.2. The third-order valence-electron chi connectivity index (χ3n) is 5.38. The normalized spacial score (nSPS) is 12.5. The van der Waals surface area contributed by atoms with Gasteiger partial charge in [0.25, 0.3) is 0 Å². The Morgan fingerprint density at radius 2 is 1.55 bits per heavy atom. The van der Waals surface area contributed by atoms with Crippen LogP contribution in [0.3, 0.4) is 0 Å². The maximum Gasteiger partial charge on any atom is 0.232 e. The topological polar surface area (TPSA) is 84.9 Å². The predicted molar refractivity (Wildman–Crippen MR) is 127 cm³/mol. The molecule has 0 bridgehead atoms. The van der Waals surface area contributed by atoms with Crippen molar-refractivity contribution in [3.8, 4) is 11.5 Å². The van der Waals surface area contributed by atoms with Gasteiger partial charge in [-0.15, -0.1) is 0 Å². The quantitative estimate of drug-likeness (QED) is 0.518. The Balaban J connectivity index is 1.42. The molecule has 1 heterocycles.